The van der Waals surface area contributed by atoms with Crippen molar-refractivity contribution in [2.45, 2.75) is 37.5 Å². The quantitative estimate of drug-likeness (QED) is 0.576. The second-order valence-corrected chi connectivity index (χ2v) is 4.41. The Balaban J connectivity index is 1.90. The van der Waals surface area contributed by atoms with Crippen LogP contribution in [0.1, 0.15) is 13.3 Å². The van der Waals surface area contributed by atoms with Crippen molar-refractivity contribution in [1.29, 1.82) is 0 Å². The van der Waals surface area contributed by atoms with Crippen molar-refractivity contribution in [3.05, 3.63) is 0 Å². The third-order valence-corrected chi connectivity index (χ3v) is 3.95. The maximum absolute atomic E-state index is 11.3. The van der Waals surface area contributed by atoms with E-state index < -0.39 is 0 Å². The van der Waals surface area contributed by atoms with E-state index in [1.807, 2.05) is 0 Å². The summed E-state index contributed by atoms with van der Waals surface area (Å²) in [6.07, 6.45) is 1.31. The number of piperidine rings is 3. The highest BCUT2D eigenvalue weighted by atomic mass is 16.1. The van der Waals surface area contributed by atoms with Gasteiger partial charge in [0.05, 0.1) is 6.04 Å². The van der Waals surface area contributed by atoms with Crippen LogP contribution in [0.2, 0.25) is 0 Å². The summed E-state index contributed by atoms with van der Waals surface area (Å²) in [6.45, 7) is 1.71. The fourth-order valence-corrected chi connectivity index (χ4v) is 3.24. The van der Waals surface area contributed by atoms with Crippen LogP contribution < -0.4 is 5.32 Å². The van der Waals surface area contributed by atoms with Gasteiger partial charge in [-0.3, -0.25) is 9.69 Å². The molecule has 1 aliphatic carbocycles. The van der Waals surface area contributed by atoms with E-state index in [1.165, 1.54) is 6.42 Å². The van der Waals surface area contributed by atoms with E-state index in [0.29, 0.717) is 17.9 Å². The summed E-state index contributed by atoms with van der Waals surface area (Å²) in [7, 11) is 2.09. The zero-order chi connectivity index (χ0) is 8.46. The van der Waals surface area contributed by atoms with Gasteiger partial charge in [-0.25, -0.2) is 0 Å². The Morgan fingerprint density at radius 1 is 1.50 bits per heavy atom. The second kappa shape index (κ2) is 1.91. The molecule has 0 aromatic heterocycles. The lowest BCUT2D eigenvalue weighted by atomic mass is 9.57. The summed E-state index contributed by atoms with van der Waals surface area (Å²) in [6, 6.07) is 2.01. The van der Waals surface area contributed by atoms with Crippen LogP contribution in [0.15, 0.2) is 0 Å². The number of nitrogens with zero attached hydrogens (tertiary/aromatic N) is 1. The molecular weight excluding hydrogens is 152 g/mol. The number of likely N-dealkylation sites (N-methyl/N-ethyl adjacent to an activating group) is 1. The number of rotatable bonds is 1. The molecule has 3 nitrogen and oxygen atoms in total. The highest BCUT2D eigenvalue weighted by Crippen LogP contribution is 2.49. The summed E-state index contributed by atoms with van der Waals surface area (Å²) in [5.74, 6) is 1.14. The molecule has 4 rings (SSSR count). The molecule has 3 heterocycles. The first-order chi connectivity index (χ1) is 5.70. The molecule has 4 bridgehead atoms. The van der Waals surface area contributed by atoms with Crippen LogP contribution >= 0.6 is 0 Å². The Morgan fingerprint density at radius 2 is 2.25 bits per heavy atom. The molecule has 4 aliphatic rings. The Labute approximate surface area is 72.1 Å². The summed E-state index contributed by atoms with van der Waals surface area (Å²) in [5.41, 5.74) is 0. The highest BCUT2D eigenvalue weighted by Gasteiger charge is 2.64. The van der Waals surface area contributed by atoms with Gasteiger partial charge in [0, 0.05) is 18.1 Å². The lowest BCUT2D eigenvalue weighted by molar-refractivity contribution is -0.166. The van der Waals surface area contributed by atoms with Crippen LogP contribution in [-0.4, -0.2) is 41.9 Å². The first-order valence-corrected chi connectivity index (χ1v) is 4.68. The van der Waals surface area contributed by atoms with Gasteiger partial charge in [0.1, 0.15) is 5.78 Å². The predicted molar refractivity (Wildman–Crippen MR) is 44.8 cm³/mol. The molecule has 0 radical (unpaired) electrons. The first-order valence-electron chi connectivity index (χ1n) is 4.68. The molecule has 0 amide bonds. The fourth-order valence-electron chi connectivity index (χ4n) is 3.24. The van der Waals surface area contributed by atoms with Crippen LogP contribution in [0.5, 0.6) is 0 Å². The Bertz CT molecular complexity index is 251. The minimum Gasteiger partial charge on any atom is -0.307 e. The third kappa shape index (κ3) is 0.559. The van der Waals surface area contributed by atoms with Crippen LogP contribution in [0, 0.1) is 5.92 Å². The van der Waals surface area contributed by atoms with Gasteiger partial charge in [0.15, 0.2) is 0 Å². The maximum Gasteiger partial charge on any atom is 0.148 e. The van der Waals surface area contributed by atoms with E-state index in [9.17, 15) is 4.79 Å². The number of fused-ring (bicyclic) bond motifs is 1. The van der Waals surface area contributed by atoms with Gasteiger partial charge in [-0.05, 0) is 26.3 Å². The first kappa shape index (κ1) is 7.04. The second-order valence-electron chi connectivity index (χ2n) is 4.41. The molecule has 5 atom stereocenters. The normalized spacial score (nSPS) is 55.7. The van der Waals surface area contributed by atoms with E-state index in [2.05, 4.69) is 17.3 Å². The molecule has 0 aromatic rings. The minimum atomic E-state index is 0.166. The van der Waals surface area contributed by atoms with E-state index in [0.717, 1.165) is 12.0 Å². The largest absolute Gasteiger partial charge is 0.307 e. The predicted octanol–water partition coefficient (Wildman–Crippen LogP) is -0.382. The van der Waals surface area contributed by atoms with Gasteiger partial charge in [-0.1, -0.05) is 0 Å². The Hall–Kier alpha value is -0.410. The van der Waals surface area contributed by atoms with Crippen molar-refractivity contribution in [2.24, 2.45) is 5.92 Å². The molecule has 3 saturated heterocycles. The van der Waals surface area contributed by atoms with E-state index in [4.69, 9.17) is 0 Å². The summed E-state index contributed by atoms with van der Waals surface area (Å²) in [4.78, 5) is 13.6. The molecular formula is C9H14N2O. The van der Waals surface area contributed by atoms with Crippen molar-refractivity contribution in [2.75, 3.05) is 7.05 Å². The summed E-state index contributed by atoms with van der Waals surface area (Å²) in [5, 5.41) is 3.48. The number of piperazine rings is 1. The van der Waals surface area contributed by atoms with Gasteiger partial charge in [-0.15, -0.1) is 0 Å². The third-order valence-electron chi connectivity index (χ3n) is 3.95. The van der Waals surface area contributed by atoms with E-state index in [-0.39, 0.29) is 6.04 Å². The van der Waals surface area contributed by atoms with Crippen molar-refractivity contribution < 1.29 is 4.79 Å². The zero-order valence-corrected chi connectivity index (χ0v) is 7.45. The van der Waals surface area contributed by atoms with Gasteiger partial charge in [-0.2, -0.15) is 0 Å². The number of ketones is 1. The van der Waals surface area contributed by atoms with E-state index in [1.54, 1.807) is 6.92 Å². The summed E-state index contributed by atoms with van der Waals surface area (Å²) < 4.78 is 0. The number of nitrogens with one attached hydrogen (secondary N) is 1. The molecule has 66 valence electrons. The van der Waals surface area contributed by atoms with Crippen molar-refractivity contribution >= 4 is 5.78 Å². The average Bonchev–Trinajstić information content (AvgIpc) is 1.98. The van der Waals surface area contributed by atoms with Crippen molar-refractivity contribution in [3.8, 4) is 0 Å². The van der Waals surface area contributed by atoms with Crippen LogP contribution in [0.25, 0.3) is 0 Å². The number of Topliss-reactive ketones (excluding diaryl/α,β-unsaturated/α-hetero) is 1. The molecule has 3 aliphatic heterocycles. The summed E-state index contributed by atoms with van der Waals surface area (Å²) >= 11 is 0. The smallest absolute Gasteiger partial charge is 0.148 e. The van der Waals surface area contributed by atoms with Crippen molar-refractivity contribution in [3.63, 3.8) is 0 Å². The molecule has 0 aromatic carbocycles. The topological polar surface area (TPSA) is 32.3 Å². The minimum absolute atomic E-state index is 0.166. The van der Waals surface area contributed by atoms with Gasteiger partial charge in [0.2, 0.25) is 0 Å². The number of hydrogen-bond acceptors (Lipinski definition) is 3. The molecule has 0 spiro atoms. The molecule has 1 N–H and O–H groups in total. The lowest BCUT2D eigenvalue weighted by Gasteiger charge is -2.70. The lowest BCUT2D eigenvalue weighted by Crippen LogP contribution is -2.88. The Kier molecular flexibility index (Phi) is 1.12. The number of hydrogen-bond donors (Lipinski definition) is 1. The molecule has 1 saturated carbocycles. The van der Waals surface area contributed by atoms with Crippen molar-refractivity contribution in [1.82, 2.24) is 10.2 Å². The van der Waals surface area contributed by atoms with Crippen LogP contribution in [-0.2, 0) is 4.79 Å². The fraction of sp³-hybridized carbons (Fsp3) is 0.889. The Morgan fingerprint density at radius 3 is 2.58 bits per heavy atom. The van der Waals surface area contributed by atoms with Gasteiger partial charge in [0.25, 0.3) is 0 Å². The average molecular weight is 166 g/mol. The molecule has 4 fully saturated rings. The molecule has 5 unspecified atom stereocenters. The van der Waals surface area contributed by atoms with Gasteiger partial charge < -0.3 is 5.32 Å². The SMILES string of the molecule is CC(=O)C1C2NC3C2CC3N1C. The highest BCUT2D eigenvalue weighted by molar-refractivity contribution is 5.83. The van der Waals surface area contributed by atoms with Gasteiger partial charge >= 0.3 is 0 Å². The molecule has 12 heavy (non-hydrogen) atoms. The molecule has 3 heteroatoms. The zero-order valence-electron chi connectivity index (χ0n) is 7.45. The van der Waals surface area contributed by atoms with Crippen LogP contribution in [0.4, 0.5) is 0 Å². The number of carbonyl (C=O) groups is 1. The standard InChI is InChI=1S/C9H14N2O/c1-4(12)9-8-5-3-6(11(9)2)7(5)10-8/h5-10H,3H2,1-2H3. The maximum atomic E-state index is 11.3. The number of carbonyl (C=O) groups excluding carboxylic acids is 1. The van der Waals surface area contributed by atoms with Crippen LogP contribution in [0.3, 0.4) is 0 Å². The van der Waals surface area contributed by atoms with E-state index >= 15 is 0 Å². The monoisotopic (exact) mass is 166 g/mol.